The number of nitrogens with zero attached hydrogens (tertiary/aromatic N) is 5. The summed E-state index contributed by atoms with van der Waals surface area (Å²) in [6.45, 7) is 0.320. The van der Waals surface area contributed by atoms with Gasteiger partial charge in [0.1, 0.15) is 16.4 Å². The first kappa shape index (κ1) is 18.1. The topological polar surface area (TPSA) is 166 Å². The fourth-order valence-electron chi connectivity index (χ4n) is 1.57. The summed E-state index contributed by atoms with van der Waals surface area (Å²) in [4.78, 5) is 14.1. The molecule has 6 N–H and O–H groups in total. The fourth-order valence-corrected chi connectivity index (χ4v) is 3.59. The molecule has 10 nitrogen and oxygen atoms in total. The number of hydrogen-bond donors (Lipinski definition) is 3. The molecule has 0 bridgehead atoms. The van der Waals surface area contributed by atoms with Gasteiger partial charge in [0.25, 0.3) is 10.0 Å². The molecule has 2 rings (SSSR count). The van der Waals surface area contributed by atoms with E-state index >= 15 is 0 Å². The average Bonchev–Trinajstić information content (AvgIpc) is 3.05. The molecule has 0 radical (unpaired) electrons. The molecular weight excluding hydrogens is 372 g/mol. The summed E-state index contributed by atoms with van der Waals surface area (Å²) >= 11 is 2.69. The Labute approximate surface area is 146 Å². The third-order valence-electron chi connectivity index (χ3n) is 2.55. The van der Waals surface area contributed by atoms with Gasteiger partial charge in [-0.1, -0.05) is 0 Å². The summed E-state index contributed by atoms with van der Waals surface area (Å²) in [6.07, 6.45) is 0.978. The van der Waals surface area contributed by atoms with Crippen LogP contribution in [0.4, 0.5) is 5.13 Å². The van der Waals surface area contributed by atoms with Crippen molar-refractivity contribution in [3.63, 3.8) is 0 Å². The molecule has 0 aliphatic carbocycles. The standard InChI is InChI=1S/C11H16N8O2S3/c1-19(10(14)18-24(2,20)21)3-8-15-6(4-22-8)7-5-23-11(16-7)17-9(12)13/h4-5H,3H2,1-2H3,(H2,14,18)(H4,12,13,16,17). The number of aliphatic imine (C=N–C) groups is 1. The second kappa shape index (κ2) is 7.11. The van der Waals surface area contributed by atoms with E-state index in [0.29, 0.717) is 23.1 Å². The van der Waals surface area contributed by atoms with Crippen LogP contribution in [-0.2, 0) is 16.6 Å². The number of guanidine groups is 2. The SMILES string of the molecule is CN(Cc1nc(-c2csc(N=C(N)N)n2)cs1)C(N)=NS(C)(=O)=O. The van der Waals surface area contributed by atoms with Gasteiger partial charge in [0.05, 0.1) is 12.8 Å². The quantitative estimate of drug-likeness (QED) is 0.471. The Morgan fingerprint density at radius 3 is 2.46 bits per heavy atom. The van der Waals surface area contributed by atoms with Gasteiger partial charge in [0.15, 0.2) is 5.96 Å². The summed E-state index contributed by atoms with van der Waals surface area (Å²) in [5.41, 5.74) is 17.6. The maximum atomic E-state index is 11.1. The Morgan fingerprint density at radius 1 is 1.21 bits per heavy atom. The molecule has 0 aromatic carbocycles. The van der Waals surface area contributed by atoms with Gasteiger partial charge < -0.3 is 22.1 Å². The largest absolute Gasteiger partial charge is 0.370 e. The second-order valence-corrected chi connectivity index (χ2v) is 8.14. The van der Waals surface area contributed by atoms with Crippen molar-refractivity contribution in [2.75, 3.05) is 13.3 Å². The van der Waals surface area contributed by atoms with Crippen LogP contribution in [0.2, 0.25) is 0 Å². The number of sulfonamides is 1. The summed E-state index contributed by atoms with van der Waals surface area (Å²) < 4.78 is 25.7. The Kier molecular flexibility index (Phi) is 5.36. The maximum absolute atomic E-state index is 11.1. The molecule has 0 fully saturated rings. The Morgan fingerprint density at radius 2 is 1.83 bits per heavy atom. The lowest BCUT2D eigenvalue weighted by Gasteiger charge is -2.15. The van der Waals surface area contributed by atoms with Crippen molar-refractivity contribution >= 4 is 49.7 Å². The lowest BCUT2D eigenvalue weighted by Crippen LogP contribution is -2.34. The molecule has 130 valence electrons. The minimum absolute atomic E-state index is 0.0582. The van der Waals surface area contributed by atoms with Gasteiger partial charge in [-0.15, -0.1) is 27.1 Å². The average molecular weight is 389 g/mol. The molecule has 2 aromatic heterocycles. The second-order valence-electron chi connectivity index (χ2n) is 4.72. The van der Waals surface area contributed by atoms with Crippen LogP contribution < -0.4 is 17.2 Å². The highest BCUT2D eigenvalue weighted by molar-refractivity contribution is 7.89. The van der Waals surface area contributed by atoms with Gasteiger partial charge in [-0.3, -0.25) is 0 Å². The van der Waals surface area contributed by atoms with Crippen molar-refractivity contribution < 1.29 is 8.42 Å². The van der Waals surface area contributed by atoms with Gasteiger partial charge in [0.2, 0.25) is 11.1 Å². The highest BCUT2D eigenvalue weighted by atomic mass is 32.2. The molecule has 0 saturated heterocycles. The van der Waals surface area contributed by atoms with Crippen LogP contribution in [0.25, 0.3) is 11.4 Å². The summed E-state index contributed by atoms with van der Waals surface area (Å²) in [7, 11) is -1.91. The van der Waals surface area contributed by atoms with Crippen LogP contribution in [-0.4, -0.2) is 48.5 Å². The molecule has 0 aliphatic rings. The van der Waals surface area contributed by atoms with Crippen LogP contribution in [0.5, 0.6) is 0 Å². The fraction of sp³-hybridized carbons (Fsp3) is 0.273. The molecule has 2 aromatic rings. The van der Waals surface area contributed by atoms with Crippen molar-refractivity contribution in [3.8, 4) is 11.4 Å². The molecule has 24 heavy (non-hydrogen) atoms. The van der Waals surface area contributed by atoms with Gasteiger partial charge in [0, 0.05) is 17.8 Å². The van der Waals surface area contributed by atoms with E-state index in [2.05, 4.69) is 19.4 Å². The third kappa shape index (κ3) is 5.14. The number of hydrogen-bond acceptors (Lipinski definition) is 7. The van der Waals surface area contributed by atoms with Crippen molar-refractivity contribution in [2.45, 2.75) is 6.54 Å². The molecule has 0 amide bonds. The molecule has 2 heterocycles. The van der Waals surface area contributed by atoms with Crippen molar-refractivity contribution in [1.82, 2.24) is 14.9 Å². The summed E-state index contributed by atoms with van der Waals surface area (Å²) in [6, 6.07) is 0. The van der Waals surface area contributed by atoms with Gasteiger partial charge >= 0.3 is 0 Å². The molecule has 0 saturated carbocycles. The first-order valence-corrected chi connectivity index (χ1v) is 10.0. The first-order valence-electron chi connectivity index (χ1n) is 6.40. The molecular formula is C11H16N8O2S3. The van der Waals surface area contributed by atoms with Crippen molar-refractivity contribution in [3.05, 3.63) is 15.8 Å². The first-order chi connectivity index (χ1) is 11.1. The van der Waals surface area contributed by atoms with Crippen LogP contribution in [0.15, 0.2) is 20.2 Å². The molecule has 13 heteroatoms. The predicted molar refractivity (Wildman–Crippen MR) is 96.6 cm³/mol. The number of rotatable bonds is 5. The van der Waals surface area contributed by atoms with Gasteiger partial charge in [-0.2, -0.15) is 4.99 Å². The zero-order valence-corrected chi connectivity index (χ0v) is 15.3. The van der Waals surface area contributed by atoms with Crippen molar-refractivity contribution in [1.29, 1.82) is 0 Å². The third-order valence-corrected chi connectivity index (χ3v) is 4.64. The van der Waals surface area contributed by atoms with E-state index in [1.807, 2.05) is 5.38 Å². The summed E-state index contributed by atoms with van der Waals surface area (Å²) in [5.74, 6) is -0.157. The monoisotopic (exact) mass is 388 g/mol. The van der Waals surface area contributed by atoms with Crippen molar-refractivity contribution in [2.24, 2.45) is 26.6 Å². The Hall–Kier alpha value is -2.25. The highest BCUT2D eigenvalue weighted by Crippen LogP contribution is 2.27. The number of nitrogens with two attached hydrogens (primary N) is 3. The van der Waals surface area contributed by atoms with Crippen LogP contribution in [0.3, 0.4) is 0 Å². The number of thiazole rings is 2. The predicted octanol–water partition coefficient (Wildman–Crippen LogP) is -0.122. The zero-order chi connectivity index (χ0) is 17.9. The minimum Gasteiger partial charge on any atom is -0.370 e. The normalized spacial score (nSPS) is 12.2. The van der Waals surface area contributed by atoms with Crippen LogP contribution >= 0.6 is 22.7 Å². The molecule has 0 aliphatic heterocycles. The number of aromatic nitrogens is 2. The van der Waals surface area contributed by atoms with Gasteiger partial charge in [-0.05, 0) is 0 Å². The van der Waals surface area contributed by atoms with E-state index in [4.69, 9.17) is 17.2 Å². The smallest absolute Gasteiger partial charge is 0.253 e. The Balaban J connectivity index is 2.12. The zero-order valence-electron chi connectivity index (χ0n) is 12.9. The van der Waals surface area contributed by atoms with E-state index in [1.54, 1.807) is 12.4 Å². The van der Waals surface area contributed by atoms with E-state index in [0.717, 1.165) is 11.3 Å². The van der Waals surface area contributed by atoms with Crippen LogP contribution in [0.1, 0.15) is 5.01 Å². The van der Waals surface area contributed by atoms with E-state index in [1.165, 1.54) is 27.6 Å². The van der Waals surface area contributed by atoms with E-state index in [-0.39, 0.29) is 11.9 Å². The lowest BCUT2D eigenvalue weighted by atomic mass is 10.4. The minimum atomic E-state index is -3.54. The Bertz CT molecular complexity index is 879. The molecule has 0 unspecified atom stereocenters. The molecule has 0 atom stereocenters. The highest BCUT2D eigenvalue weighted by Gasteiger charge is 2.12. The van der Waals surface area contributed by atoms with Gasteiger partial charge in [-0.25, -0.2) is 18.4 Å². The summed E-state index contributed by atoms with van der Waals surface area (Å²) in [5, 5.41) is 4.81. The van der Waals surface area contributed by atoms with Crippen LogP contribution in [0, 0.1) is 0 Å². The molecule has 0 spiro atoms. The maximum Gasteiger partial charge on any atom is 0.253 e. The van der Waals surface area contributed by atoms with E-state index in [9.17, 15) is 8.42 Å². The van der Waals surface area contributed by atoms with E-state index < -0.39 is 10.0 Å². The lowest BCUT2D eigenvalue weighted by molar-refractivity contribution is 0.493.